The third kappa shape index (κ3) is 2.12. The SMILES string of the molecule is [C-]#[N+]c1ccc2c(c1C)[Si](C)(C)c1c-2ccc(C)c1-c1cccc[n+]1C. The van der Waals surface area contributed by atoms with Crippen molar-refractivity contribution < 1.29 is 4.57 Å². The van der Waals surface area contributed by atoms with E-state index in [9.17, 15) is 0 Å². The van der Waals surface area contributed by atoms with Crippen molar-refractivity contribution in [2.45, 2.75) is 26.9 Å². The van der Waals surface area contributed by atoms with Crippen LogP contribution in [0.1, 0.15) is 11.1 Å². The molecule has 3 aromatic rings. The molecule has 2 nitrogen and oxygen atoms in total. The Hall–Kier alpha value is -2.70. The number of aromatic nitrogens is 1. The highest BCUT2D eigenvalue weighted by atomic mass is 28.3. The minimum atomic E-state index is -1.91. The monoisotopic (exact) mass is 355 g/mol. The number of hydrogen-bond donors (Lipinski definition) is 0. The van der Waals surface area contributed by atoms with Crippen LogP contribution in [0.3, 0.4) is 0 Å². The molecule has 0 bridgehead atoms. The molecule has 0 spiro atoms. The van der Waals surface area contributed by atoms with Gasteiger partial charge in [-0.3, -0.25) is 0 Å². The average molecular weight is 356 g/mol. The molecular formula is C23H23N2Si+. The molecule has 1 aromatic heterocycles. The largest absolute Gasteiger partial charge is 0.238 e. The fraction of sp³-hybridized carbons (Fsp3) is 0.217. The molecule has 0 fully saturated rings. The van der Waals surface area contributed by atoms with Gasteiger partial charge in [0.05, 0.1) is 6.57 Å². The standard InChI is InChI=1S/C23H23N2Si/c1-15-10-11-18-17-12-13-19(24-3)16(2)22(17)26(5,6)23(18)21(15)20-9-7-8-14-25(20)4/h7-14H,1-2,4-6H3/q+1. The molecule has 0 radical (unpaired) electrons. The second-order valence-corrected chi connectivity index (χ2v) is 12.0. The summed E-state index contributed by atoms with van der Waals surface area (Å²) in [5.41, 5.74) is 8.62. The van der Waals surface area contributed by atoms with Crippen LogP contribution in [0.4, 0.5) is 5.69 Å². The normalized spacial score (nSPS) is 13.8. The van der Waals surface area contributed by atoms with E-state index >= 15 is 0 Å². The summed E-state index contributed by atoms with van der Waals surface area (Å²) in [7, 11) is 0.206. The predicted octanol–water partition coefficient (Wildman–Crippen LogP) is 4.15. The van der Waals surface area contributed by atoms with Gasteiger partial charge in [-0.15, -0.1) is 0 Å². The zero-order chi connectivity index (χ0) is 18.6. The third-order valence-electron chi connectivity index (χ3n) is 5.82. The summed E-state index contributed by atoms with van der Waals surface area (Å²) in [6.45, 7) is 16.7. The van der Waals surface area contributed by atoms with Crippen molar-refractivity contribution >= 4 is 24.1 Å². The van der Waals surface area contributed by atoms with Crippen LogP contribution in [0, 0.1) is 20.4 Å². The Morgan fingerprint density at radius 3 is 2.31 bits per heavy atom. The molecule has 2 aromatic carbocycles. The Kier molecular flexibility index (Phi) is 3.64. The molecule has 0 atom stereocenters. The minimum absolute atomic E-state index is 0.792. The van der Waals surface area contributed by atoms with Crippen LogP contribution in [-0.2, 0) is 7.05 Å². The molecule has 1 aliphatic heterocycles. The molecule has 1 aliphatic rings. The molecule has 128 valence electrons. The number of fused-ring (bicyclic) bond motifs is 3. The molecule has 0 N–H and O–H groups in total. The van der Waals surface area contributed by atoms with Crippen LogP contribution >= 0.6 is 0 Å². The first-order chi connectivity index (χ1) is 12.4. The number of pyridine rings is 1. The Morgan fingerprint density at radius 2 is 1.62 bits per heavy atom. The molecule has 0 unspecified atom stereocenters. The number of benzene rings is 2. The van der Waals surface area contributed by atoms with Gasteiger partial charge in [0.1, 0.15) is 15.1 Å². The number of aryl methyl sites for hydroxylation is 2. The number of hydrogen-bond acceptors (Lipinski definition) is 0. The fourth-order valence-electron chi connectivity index (χ4n) is 4.67. The lowest BCUT2D eigenvalue weighted by molar-refractivity contribution is -0.660. The van der Waals surface area contributed by atoms with Gasteiger partial charge in [0.15, 0.2) is 11.9 Å². The molecule has 26 heavy (non-hydrogen) atoms. The Bertz CT molecular complexity index is 1100. The highest BCUT2D eigenvalue weighted by Crippen LogP contribution is 2.37. The molecule has 4 rings (SSSR count). The quantitative estimate of drug-likeness (QED) is 0.352. The lowest BCUT2D eigenvalue weighted by atomic mass is 9.96. The topological polar surface area (TPSA) is 8.24 Å². The zero-order valence-corrected chi connectivity index (χ0v) is 17.0. The van der Waals surface area contributed by atoms with Gasteiger partial charge in [-0.25, -0.2) is 9.41 Å². The summed E-state index contributed by atoms with van der Waals surface area (Å²) in [6, 6.07) is 15.1. The van der Waals surface area contributed by atoms with E-state index in [0.717, 1.165) is 5.69 Å². The summed E-state index contributed by atoms with van der Waals surface area (Å²) < 4.78 is 2.22. The van der Waals surface area contributed by atoms with Crippen LogP contribution in [-0.4, -0.2) is 8.07 Å². The smallest absolute Gasteiger partial charge is 0.212 e. The summed E-state index contributed by atoms with van der Waals surface area (Å²) in [4.78, 5) is 3.76. The summed E-state index contributed by atoms with van der Waals surface area (Å²) in [6.07, 6.45) is 2.12. The first kappa shape index (κ1) is 16.7. The van der Waals surface area contributed by atoms with E-state index in [-0.39, 0.29) is 0 Å². The van der Waals surface area contributed by atoms with Gasteiger partial charge in [-0.2, -0.15) is 0 Å². The highest BCUT2D eigenvalue weighted by molar-refractivity contribution is 7.05. The first-order valence-corrected chi connectivity index (χ1v) is 12.0. The van der Waals surface area contributed by atoms with E-state index in [2.05, 4.69) is 86.0 Å². The highest BCUT2D eigenvalue weighted by Gasteiger charge is 2.42. The van der Waals surface area contributed by atoms with Gasteiger partial charge in [-0.05, 0) is 47.4 Å². The number of rotatable bonds is 1. The second-order valence-electron chi connectivity index (χ2n) is 7.75. The lowest BCUT2D eigenvalue weighted by Gasteiger charge is -2.24. The van der Waals surface area contributed by atoms with E-state index in [1.807, 2.05) is 6.07 Å². The zero-order valence-electron chi connectivity index (χ0n) is 16.0. The van der Waals surface area contributed by atoms with Crippen molar-refractivity contribution in [1.82, 2.24) is 0 Å². The number of nitrogens with zero attached hydrogens (tertiary/aromatic N) is 2. The van der Waals surface area contributed by atoms with Gasteiger partial charge in [0, 0.05) is 17.7 Å². The summed E-state index contributed by atoms with van der Waals surface area (Å²) in [5, 5.41) is 2.95. The van der Waals surface area contributed by atoms with Gasteiger partial charge < -0.3 is 0 Å². The van der Waals surface area contributed by atoms with E-state index in [1.165, 1.54) is 43.9 Å². The van der Waals surface area contributed by atoms with Crippen molar-refractivity contribution in [2.75, 3.05) is 0 Å². The van der Waals surface area contributed by atoms with Gasteiger partial charge >= 0.3 is 0 Å². The van der Waals surface area contributed by atoms with E-state index < -0.39 is 8.07 Å². The predicted molar refractivity (Wildman–Crippen MR) is 111 cm³/mol. The third-order valence-corrected chi connectivity index (χ3v) is 9.49. The minimum Gasteiger partial charge on any atom is -0.238 e. The van der Waals surface area contributed by atoms with Crippen molar-refractivity contribution in [3.63, 3.8) is 0 Å². The van der Waals surface area contributed by atoms with Crippen LogP contribution in [0.5, 0.6) is 0 Å². The maximum Gasteiger partial charge on any atom is 0.212 e. The van der Waals surface area contributed by atoms with Gasteiger partial charge in [0.2, 0.25) is 5.69 Å². The average Bonchev–Trinajstić information content (AvgIpc) is 2.84. The summed E-state index contributed by atoms with van der Waals surface area (Å²) >= 11 is 0. The lowest BCUT2D eigenvalue weighted by Crippen LogP contribution is -2.52. The molecule has 2 heterocycles. The Balaban J connectivity index is 2.12. The van der Waals surface area contributed by atoms with E-state index in [4.69, 9.17) is 6.57 Å². The Labute approximate surface area is 156 Å². The molecule has 0 aliphatic carbocycles. The maximum atomic E-state index is 7.51. The molecule has 0 saturated heterocycles. The van der Waals surface area contributed by atoms with E-state index in [1.54, 1.807) is 0 Å². The van der Waals surface area contributed by atoms with Crippen molar-refractivity contribution in [1.29, 1.82) is 0 Å². The second kappa shape index (κ2) is 5.65. The van der Waals surface area contributed by atoms with Crippen molar-refractivity contribution in [2.24, 2.45) is 7.05 Å². The molecule has 0 amide bonds. The van der Waals surface area contributed by atoms with Crippen LogP contribution in [0.2, 0.25) is 13.1 Å². The van der Waals surface area contributed by atoms with Crippen molar-refractivity contribution in [3.05, 3.63) is 71.2 Å². The maximum absolute atomic E-state index is 7.51. The first-order valence-electron chi connectivity index (χ1n) is 8.99. The molecular weight excluding hydrogens is 332 g/mol. The summed E-state index contributed by atoms with van der Waals surface area (Å²) in [5.74, 6) is 0. The Morgan fingerprint density at radius 1 is 0.923 bits per heavy atom. The molecule has 0 saturated carbocycles. The van der Waals surface area contributed by atoms with Gasteiger partial charge in [0.25, 0.3) is 0 Å². The van der Waals surface area contributed by atoms with Crippen LogP contribution < -0.4 is 14.9 Å². The fourth-order valence-corrected chi connectivity index (χ4v) is 8.72. The van der Waals surface area contributed by atoms with Crippen molar-refractivity contribution in [3.8, 4) is 22.4 Å². The van der Waals surface area contributed by atoms with Crippen LogP contribution in [0.25, 0.3) is 27.2 Å². The molecule has 3 heteroatoms. The van der Waals surface area contributed by atoms with Gasteiger partial charge in [-0.1, -0.05) is 42.5 Å². The van der Waals surface area contributed by atoms with Crippen LogP contribution in [0.15, 0.2) is 48.7 Å². The van der Waals surface area contributed by atoms with E-state index in [0.29, 0.717) is 0 Å².